The zero-order valence-electron chi connectivity index (χ0n) is 17.3. The van der Waals surface area contributed by atoms with Crippen molar-refractivity contribution in [1.29, 1.82) is 0 Å². The zero-order chi connectivity index (χ0) is 21.0. The maximum Gasteiger partial charge on any atom is 0.325 e. The van der Waals surface area contributed by atoms with E-state index in [0.29, 0.717) is 32.4 Å². The number of rotatable bonds is 8. The van der Waals surface area contributed by atoms with Crippen molar-refractivity contribution < 1.29 is 19.1 Å². The standard InChI is InChI=1S/C22H30N4O4/c27-19(8-4-12-26-20(28)22(24-21(26)29)9-1-2-10-22)25(16-18-7-5-13-30-18)15-17-6-3-11-23-14-17/h3,6,11,14,18H,1-2,4-5,7-10,12-13,15-16H2,(H,24,29). The molecule has 0 bridgehead atoms. The Hall–Kier alpha value is -2.48. The molecule has 1 spiro atoms. The van der Waals surface area contributed by atoms with Gasteiger partial charge in [-0.1, -0.05) is 18.9 Å². The van der Waals surface area contributed by atoms with E-state index in [-0.39, 0.29) is 36.9 Å². The predicted molar refractivity (Wildman–Crippen MR) is 109 cm³/mol. The van der Waals surface area contributed by atoms with Gasteiger partial charge in [-0.05, 0) is 43.7 Å². The lowest BCUT2D eigenvalue weighted by Crippen LogP contribution is -2.44. The van der Waals surface area contributed by atoms with Gasteiger partial charge in [0, 0.05) is 45.1 Å². The first kappa shape index (κ1) is 20.8. The molecule has 1 aliphatic carbocycles. The van der Waals surface area contributed by atoms with Gasteiger partial charge in [0.25, 0.3) is 5.91 Å². The first-order valence-corrected chi connectivity index (χ1v) is 11.0. The molecule has 0 aromatic carbocycles. The van der Waals surface area contributed by atoms with Gasteiger partial charge in [-0.2, -0.15) is 0 Å². The molecular formula is C22H30N4O4. The molecule has 4 amide bonds. The van der Waals surface area contributed by atoms with Gasteiger partial charge in [0.05, 0.1) is 6.10 Å². The van der Waals surface area contributed by atoms with E-state index < -0.39 is 5.54 Å². The predicted octanol–water partition coefficient (Wildman–Crippen LogP) is 2.23. The van der Waals surface area contributed by atoms with Crippen molar-refractivity contribution in [2.75, 3.05) is 19.7 Å². The third kappa shape index (κ3) is 4.48. The molecule has 30 heavy (non-hydrogen) atoms. The number of carbonyl (C=O) groups is 3. The topological polar surface area (TPSA) is 91.8 Å². The molecule has 1 N–H and O–H groups in total. The second kappa shape index (κ2) is 9.12. The highest BCUT2D eigenvalue weighted by Gasteiger charge is 2.52. The number of hydrogen-bond donors (Lipinski definition) is 1. The fraction of sp³-hybridized carbons (Fsp3) is 0.636. The summed E-state index contributed by atoms with van der Waals surface area (Å²) in [4.78, 5) is 45.3. The van der Waals surface area contributed by atoms with E-state index in [1.54, 1.807) is 12.4 Å². The van der Waals surface area contributed by atoms with Crippen molar-refractivity contribution in [2.24, 2.45) is 0 Å². The Balaban J connectivity index is 1.32. The molecule has 1 saturated carbocycles. The lowest BCUT2D eigenvalue weighted by molar-refractivity contribution is -0.135. The lowest BCUT2D eigenvalue weighted by atomic mass is 9.98. The van der Waals surface area contributed by atoms with Gasteiger partial charge < -0.3 is 15.0 Å². The van der Waals surface area contributed by atoms with Gasteiger partial charge in [-0.15, -0.1) is 0 Å². The van der Waals surface area contributed by atoms with E-state index in [9.17, 15) is 14.4 Å². The monoisotopic (exact) mass is 414 g/mol. The summed E-state index contributed by atoms with van der Waals surface area (Å²) in [6.07, 6.45) is 9.64. The van der Waals surface area contributed by atoms with Crippen molar-refractivity contribution in [1.82, 2.24) is 20.1 Å². The number of urea groups is 1. The number of nitrogens with zero attached hydrogens (tertiary/aromatic N) is 3. The number of pyridine rings is 1. The highest BCUT2D eigenvalue weighted by Crippen LogP contribution is 2.35. The molecule has 3 heterocycles. The number of imide groups is 1. The Labute approximate surface area is 177 Å². The molecule has 1 atom stereocenters. The molecule has 1 aromatic heterocycles. The highest BCUT2D eigenvalue weighted by atomic mass is 16.5. The van der Waals surface area contributed by atoms with Gasteiger partial charge in [-0.25, -0.2) is 4.79 Å². The third-order valence-corrected chi connectivity index (χ3v) is 6.37. The molecular weight excluding hydrogens is 384 g/mol. The number of carbonyl (C=O) groups excluding carboxylic acids is 3. The maximum absolute atomic E-state index is 13.0. The molecule has 2 saturated heterocycles. The summed E-state index contributed by atoms with van der Waals surface area (Å²) in [6, 6.07) is 3.50. The Kier molecular flexibility index (Phi) is 6.32. The summed E-state index contributed by atoms with van der Waals surface area (Å²) < 4.78 is 5.72. The van der Waals surface area contributed by atoms with Crippen molar-refractivity contribution >= 4 is 17.8 Å². The van der Waals surface area contributed by atoms with Crippen molar-refractivity contribution in [2.45, 2.75) is 69.6 Å². The lowest BCUT2D eigenvalue weighted by Gasteiger charge is -2.26. The number of amides is 4. The van der Waals surface area contributed by atoms with Crippen LogP contribution in [0.4, 0.5) is 4.79 Å². The van der Waals surface area contributed by atoms with Crippen molar-refractivity contribution in [3.8, 4) is 0 Å². The first-order chi connectivity index (χ1) is 14.6. The summed E-state index contributed by atoms with van der Waals surface area (Å²) in [5.74, 6) is -0.110. The number of aromatic nitrogens is 1. The van der Waals surface area contributed by atoms with Gasteiger partial charge in [0.1, 0.15) is 5.54 Å². The summed E-state index contributed by atoms with van der Waals surface area (Å²) in [5.41, 5.74) is 0.286. The van der Waals surface area contributed by atoms with E-state index in [1.807, 2.05) is 17.0 Å². The van der Waals surface area contributed by atoms with Crippen LogP contribution >= 0.6 is 0 Å². The minimum atomic E-state index is -0.687. The van der Waals surface area contributed by atoms with Gasteiger partial charge in [-0.3, -0.25) is 19.5 Å². The largest absolute Gasteiger partial charge is 0.376 e. The average molecular weight is 415 g/mol. The summed E-state index contributed by atoms with van der Waals surface area (Å²) in [7, 11) is 0. The zero-order valence-corrected chi connectivity index (χ0v) is 17.3. The van der Waals surface area contributed by atoms with E-state index >= 15 is 0 Å². The van der Waals surface area contributed by atoms with Gasteiger partial charge >= 0.3 is 6.03 Å². The summed E-state index contributed by atoms with van der Waals surface area (Å²) >= 11 is 0. The first-order valence-electron chi connectivity index (χ1n) is 11.0. The second-order valence-electron chi connectivity index (χ2n) is 8.55. The van der Waals surface area contributed by atoms with E-state index in [0.717, 1.165) is 37.9 Å². The Bertz CT molecular complexity index is 773. The van der Waals surface area contributed by atoms with Crippen LogP contribution in [-0.2, 0) is 20.9 Å². The van der Waals surface area contributed by atoms with E-state index in [1.165, 1.54) is 4.90 Å². The van der Waals surface area contributed by atoms with Crippen LogP contribution in [0.3, 0.4) is 0 Å². The van der Waals surface area contributed by atoms with Crippen LogP contribution in [0.1, 0.15) is 56.9 Å². The smallest absolute Gasteiger partial charge is 0.325 e. The molecule has 0 radical (unpaired) electrons. The second-order valence-corrected chi connectivity index (χ2v) is 8.55. The molecule has 1 unspecified atom stereocenters. The fourth-order valence-electron chi connectivity index (χ4n) is 4.74. The van der Waals surface area contributed by atoms with Crippen LogP contribution in [0.15, 0.2) is 24.5 Å². The van der Waals surface area contributed by atoms with Crippen LogP contribution in [0.2, 0.25) is 0 Å². The minimum Gasteiger partial charge on any atom is -0.376 e. The SMILES string of the molecule is O=C(CCCN1C(=O)NC2(CCCC2)C1=O)N(Cc1cccnc1)CC1CCCO1. The minimum absolute atomic E-state index is 0.0111. The molecule has 162 valence electrons. The highest BCUT2D eigenvalue weighted by molar-refractivity contribution is 6.07. The molecule has 4 rings (SSSR count). The number of nitrogens with one attached hydrogen (secondary N) is 1. The Morgan fingerprint density at radius 3 is 2.83 bits per heavy atom. The van der Waals surface area contributed by atoms with Crippen LogP contribution in [-0.4, -0.2) is 64.0 Å². The average Bonchev–Trinajstić information content (AvgIpc) is 3.47. The Morgan fingerprint density at radius 1 is 1.30 bits per heavy atom. The Morgan fingerprint density at radius 2 is 2.13 bits per heavy atom. The molecule has 8 nitrogen and oxygen atoms in total. The van der Waals surface area contributed by atoms with Crippen LogP contribution < -0.4 is 5.32 Å². The molecule has 2 aliphatic heterocycles. The van der Waals surface area contributed by atoms with Crippen LogP contribution in [0, 0.1) is 0 Å². The van der Waals surface area contributed by atoms with E-state index in [2.05, 4.69) is 10.3 Å². The van der Waals surface area contributed by atoms with E-state index in [4.69, 9.17) is 4.74 Å². The molecule has 1 aromatic rings. The number of hydrogen-bond acceptors (Lipinski definition) is 5. The molecule has 3 fully saturated rings. The quantitative estimate of drug-likeness (QED) is 0.659. The third-order valence-electron chi connectivity index (χ3n) is 6.37. The van der Waals surface area contributed by atoms with Crippen molar-refractivity contribution in [3.63, 3.8) is 0 Å². The summed E-state index contributed by atoms with van der Waals surface area (Å²) in [6.45, 7) is 2.06. The fourth-order valence-corrected chi connectivity index (χ4v) is 4.74. The summed E-state index contributed by atoms with van der Waals surface area (Å²) in [5, 5.41) is 2.89. The van der Waals surface area contributed by atoms with Gasteiger partial charge in [0.2, 0.25) is 5.91 Å². The molecule has 8 heteroatoms. The van der Waals surface area contributed by atoms with Gasteiger partial charge in [0.15, 0.2) is 0 Å². The normalized spacial score (nSPS) is 22.7. The van der Waals surface area contributed by atoms with Crippen LogP contribution in [0.25, 0.3) is 0 Å². The number of ether oxygens (including phenoxy) is 1. The van der Waals surface area contributed by atoms with Crippen LogP contribution in [0.5, 0.6) is 0 Å². The maximum atomic E-state index is 13.0. The molecule has 3 aliphatic rings. The van der Waals surface area contributed by atoms with Crippen molar-refractivity contribution in [3.05, 3.63) is 30.1 Å².